The van der Waals surface area contributed by atoms with Crippen LogP contribution in [0.2, 0.25) is 0 Å². The number of carbonyl (C=O) groups is 1. The second-order valence-corrected chi connectivity index (χ2v) is 3.22. The molecule has 0 amide bonds. The summed E-state index contributed by atoms with van der Waals surface area (Å²) in [5.74, 6) is -0.825. The molecule has 70 valence electrons. The number of hydrogen-bond acceptors (Lipinski definition) is 3. The lowest BCUT2D eigenvalue weighted by Crippen LogP contribution is -2.01. The van der Waals surface area contributed by atoms with Crippen molar-refractivity contribution in [3.63, 3.8) is 0 Å². The highest BCUT2D eigenvalue weighted by atomic mass is 79.9. The SMILES string of the molecule is CC(=O)OCc1cc(Br)c(F)cn1. The van der Waals surface area contributed by atoms with E-state index in [-0.39, 0.29) is 12.6 Å². The van der Waals surface area contributed by atoms with Crippen LogP contribution in [0, 0.1) is 5.82 Å². The van der Waals surface area contributed by atoms with Crippen LogP contribution in [-0.4, -0.2) is 11.0 Å². The molecular weight excluding hydrogens is 241 g/mol. The van der Waals surface area contributed by atoms with Crippen LogP contribution in [0.3, 0.4) is 0 Å². The molecule has 0 aliphatic rings. The molecule has 1 aromatic rings. The van der Waals surface area contributed by atoms with E-state index in [0.29, 0.717) is 10.2 Å². The van der Waals surface area contributed by atoms with Gasteiger partial charge in [0, 0.05) is 6.92 Å². The molecule has 0 bridgehead atoms. The van der Waals surface area contributed by atoms with Crippen LogP contribution in [-0.2, 0) is 16.1 Å². The number of aromatic nitrogens is 1. The van der Waals surface area contributed by atoms with Gasteiger partial charge in [0.05, 0.1) is 16.4 Å². The normalized spacial score (nSPS) is 9.77. The first kappa shape index (κ1) is 10.1. The van der Waals surface area contributed by atoms with Gasteiger partial charge in [-0.05, 0) is 22.0 Å². The zero-order chi connectivity index (χ0) is 9.84. The predicted octanol–water partition coefficient (Wildman–Crippen LogP) is 2.05. The number of halogens is 2. The minimum Gasteiger partial charge on any atom is -0.459 e. The van der Waals surface area contributed by atoms with Crippen LogP contribution in [0.15, 0.2) is 16.7 Å². The Morgan fingerprint density at radius 1 is 1.77 bits per heavy atom. The monoisotopic (exact) mass is 247 g/mol. The van der Waals surface area contributed by atoms with Crippen molar-refractivity contribution in [1.82, 2.24) is 4.98 Å². The summed E-state index contributed by atoms with van der Waals surface area (Å²) in [4.78, 5) is 14.2. The van der Waals surface area contributed by atoms with E-state index >= 15 is 0 Å². The van der Waals surface area contributed by atoms with Crippen molar-refractivity contribution < 1.29 is 13.9 Å². The Kier molecular flexibility index (Phi) is 3.36. The van der Waals surface area contributed by atoms with Crippen LogP contribution < -0.4 is 0 Å². The second-order valence-electron chi connectivity index (χ2n) is 2.37. The summed E-state index contributed by atoms with van der Waals surface area (Å²) in [6.07, 6.45) is 1.07. The van der Waals surface area contributed by atoms with E-state index in [1.807, 2.05) is 0 Å². The number of pyridine rings is 1. The number of hydrogen-bond donors (Lipinski definition) is 0. The zero-order valence-electron chi connectivity index (χ0n) is 6.88. The summed E-state index contributed by atoms with van der Waals surface area (Å²) in [5, 5.41) is 0. The van der Waals surface area contributed by atoms with E-state index in [4.69, 9.17) is 0 Å². The molecule has 1 heterocycles. The van der Waals surface area contributed by atoms with E-state index in [1.165, 1.54) is 13.0 Å². The Morgan fingerprint density at radius 2 is 2.46 bits per heavy atom. The maximum absolute atomic E-state index is 12.7. The van der Waals surface area contributed by atoms with Crippen molar-refractivity contribution in [2.24, 2.45) is 0 Å². The minimum atomic E-state index is -0.438. The van der Waals surface area contributed by atoms with Crippen LogP contribution in [0.1, 0.15) is 12.6 Å². The molecule has 3 nitrogen and oxygen atoms in total. The van der Waals surface area contributed by atoms with Crippen molar-refractivity contribution in [3.05, 3.63) is 28.2 Å². The van der Waals surface area contributed by atoms with Crippen molar-refractivity contribution in [2.75, 3.05) is 0 Å². The number of nitrogens with zero attached hydrogens (tertiary/aromatic N) is 1. The molecule has 0 aromatic carbocycles. The Morgan fingerprint density at radius 3 is 3.00 bits per heavy atom. The summed E-state index contributed by atoms with van der Waals surface area (Å²) in [7, 11) is 0. The molecule has 13 heavy (non-hydrogen) atoms. The minimum absolute atomic E-state index is 0.0637. The van der Waals surface area contributed by atoms with E-state index < -0.39 is 5.82 Å². The zero-order valence-corrected chi connectivity index (χ0v) is 8.47. The smallest absolute Gasteiger partial charge is 0.303 e. The molecule has 0 saturated heterocycles. The molecule has 1 aromatic heterocycles. The van der Waals surface area contributed by atoms with Gasteiger partial charge >= 0.3 is 5.97 Å². The third-order valence-electron chi connectivity index (χ3n) is 1.29. The fraction of sp³-hybridized carbons (Fsp3) is 0.250. The van der Waals surface area contributed by atoms with Crippen LogP contribution in [0.25, 0.3) is 0 Å². The lowest BCUT2D eigenvalue weighted by atomic mass is 10.4. The molecule has 0 unspecified atom stereocenters. The van der Waals surface area contributed by atoms with Crippen LogP contribution >= 0.6 is 15.9 Å². The fourth-order valence-electron chi connectivity index (χ4n) is 0.708. The Balaban J connectivity index is 2.68. The van der Waals surface area contributed by atoms with E-state index in [0.717, 1.165) is 6.20 Å². The van der Waals surface area contributed by atoms with Gasteiger partial charge in [0.25, 0.3) is 0 Å². The predicted molar refractivity (Wildman–Crippen MR) is 47.4 cm³/mol. The standard InChI is InChI=1S/C8H7BrFNO2/c1-5(12)13-4-6-2-7(9)8(10)3-11-6/h2-3H,4H2,1H3. The number of esters is 1. The molecule has 1 rings (SSSR count). The third-order valence-corrected chi connectivity index (χ3v) is 1.90. The van der Waals surface area contributed by atoms with Crippen LogP contribution in [0.5, 0.6) is 0 Å². The molecule has 0 atom stereocenters. The fourth-order valence-corrected chi connectivity index (χ4v) is 1.07. The number of rotatable bonds is 2. The van der Waals surface area contributed by atoms with Gasteiger partial charge in [-0.1, -0.05) is 0 Å². The molecule has 0 fully saturated rings. The maximum Gasteiger partial charge on any atom is 0.303 e. The Hall–Kier alpha value is -0.970. The Bertz CT molecular complexity index is 330. The van der Waals surface area contributed by atoms with E-state index in [1.54, 1.807) is 0 Å². The van der Waals surface area contributed by atoms with Gasteiger partial charge in [-0.25, -0.2) is 4.39 Å². The first-order chi connectivity index (χ1) is 6.09. The van der Waals surface area contributed by atoms with Crippen molar-refractivity contribution in [2.45, 2.75) is 13.5 Å². The lowest BCUT2D eigenvalue weighted by Gasteiger charge is -2.01. The quantitative estimate of drug-likeness (QED) is 0.752. The molecule has 0 aliphatic heterocycles. The van der Waals surface area contributed by atoms with Crippen molar-refractivity contribution in [1.29, 1.82) is 0 Å². The summed E-state index contributed by atoms with van der Waals surface area (Å²) in [6.45, 7) is 1.37. The molecule has 0 N–H and O–H groups in total. The molecule has 0 saturated carbocycles. The first-order valence-corrected chi connectivity index (χ1v) is 4.32. The highest BCUT2D eigenvalue weighted by Crippen LogP contribution is 2.15. The van der Waals surface area contributed by atoms with Gasteiger partial charge in [0.2, 0.25) is 0 Å². The van der Waals surface area contributed by atoms with Gasteiger partial charge in [-0.3, -0.25) is 9.78 Å². The summed E-state index contributed by atoms with van der Waals surface area (Å²) in [6, 6.07) is 1.47. The summed E-state index contributed by atoms with van der Waals surface area (Å²) < 4.78 is 17.7. The molecular formula is C8H7BrFNO2. The van der Waals surface area contributed by atoms with Crippen molar-refractivity contribution >= 4 is 21.9 Å². The average molecular weight is 248 g/mol. The Labute approximate surface area is 83.1 Å². The van der Waals surface area contributed by atoms with Gasteiger partial charge < -0.3 is 4.74 Å². The third kappa shape index (κ3) is 3.10. The van der Waals surface area contributed by atoms with Crippen LogP contribution in [0.4, 0.5) is 4.39 Å². The molecule has 0 aliphatic carbocycles. The summed E-state index contributed by atoms with van der Waals surface area (Å²) >= 11 is 3.00. The highest BCUT2D eigenvalue weighted by Gasteiger charge is 2.02. The average Bonchev–Trinajstić information content (AvgIpc) is 2.07. The number of ether oxygens (including phenoxy) is 1. The number of carbonyl (C=O) groups excluding carboxylic acids is 1. The van der Waals surface area contributed by atoms with E-state index in [2.05, 4.69) is 25.7 Å². The topological polar surface area (TPSA) is 39.2 Å². The largest absolute Gasteiger partial charge is 0.459 e. The highest BCUT2D eigenvalue weighted by molar-refractivity contribution is 9.10. The van der Waals surface area contributed by atoms with Crippen molar-refractivity contribution in [3.8, 4) is 0 Å². The van der Waals surface area contributed by atoms with Gasteiger partial charge in [-0.15, -0.1) is 0 Å². The maximum atomic E-state index is 12.7. The van der Waals surface area contributed by atoms with Gasteiger partial charge in [-0.2, -0.15) is 0 Å². The van der Waals surface area contributed by atoms with Gasteiger partial charge in [0.15, 0.2) is 5.82 Å². The first-order valence-electron chi connectivity index (χ1n) is 3.53. The second kappa shape index (κ2) is 4.32. The molecule has 0 radical (unpaired) electrons. The lowest BCUT2D eigenvalue weighted by molar-refractivity contribution is -0.142. The summed E-state index contributed by atoms with van der Waals surface area (Å²) in [5.41, 5.74) is 0.503. The van der Waals surface area contributed by atoms with Gasteiger partial charge in [0.1, 0.15) is 6.61 Å². The molecule has 5 heteroatoms. The molecule has 0 spiro atoms. The van der Waals surface area contributed by atoms with E-state index in [9.17, 15) is 9.18 Å².